The molecule has 1 saturated carbocycles. The van der Waals surface area contributed by atoms with Gasteiger partial charge in [-0.15, -0.1) is 0 Å². The maximum Gasteiger partial charge on any atom is 0.238 e. The third kappa shape index (κ3) is 4.05. The van der Waals surface area contributed by atoms with Gasteiger partial charge in [0.15, 0.2) is 0 Å². The lowest BCUT2D eigenvalue weighted by atomic mass is 9.92. The summed E-state index contributed by atoms with van der Waals surface area (Å²) in [4.78, 5) is 13.9. The summed E-state index contributed by atoms with van der Waals surface area (Å²) < 4.78 is 6.11. The van der Waals surface area contributed by atoms with Crippen LogP contribution < -0.4 is 9.64 Å². The molecule has 2 unspecified atom stereocenters. The van der Waals surface area contributed by atoms with Gasteiger partial charge < -0.3 is 14.7 Å². The van der Waals surface area contributed by atoms with Crippen LogP contribution in [-0.2, 0) is 0 Å². The Hall–Kier alpha value is -1.31. The number of aromatic nitrogens is 2. The SMILES string of the molecule is Cc1nc(N2CC([C@H]3C4CCN(CCO)C43)C2)nc(O[C@H](C)c2ccc(Cl)cc2Cl)c1Cl. The Balaban J connectivity index is 1.26. The molecular weight excluding hydrogens is 471 g/mol. The molecule has 1 aromatic carbocycles. The Labute approximate surface area is 203 Å². The molecule has 1 aliphatic carbocycles. The number of ether oxygens (including phenoxy) is 1. The van der Waals surface area contributed by atoms with Crippen molar-refractivity contribution in [3.05, 3.63) is 44.5 Å². The van der Waals surface area contributed by atoms with Crippen molar-refractivity contribution < 1.29 is 9.84 Å². The zero-order chi connectivity index (χ0) is 22.6. The highest BCUT2D eigenvalue weighted by molar-refractivity contribution is 6.35. The van der Waals surface area contributed by atoms with E-state index in [4.69, 9.17) is 39.5 Å². The maximum absolute atomic E-state index is 9.28. The Morgan fingerprint density at radius 1 is 1.22 bits per heavy atom. The van der Waals surface area contributed by atoms with Gasteiger partial charge in [-0.2, -0.15) is 4.98 Å². The van der Waals surface area contributed by atoms with Gasteiger partial charge in [-0.3, -0.25) is 4.90 Å². The number of aliphatic hydroxyl groups excluding tert-OH is 1. The van der Waals surface area contributed by atoms with E-state index in [9.17, 15) is 5.11 Å². The molecule has 0 spiro atoms. The summed E-state index contributed by atoms with van der Waals surface area (Å²) in [6.07, 6.45) is 0.915. The fourth-order valence-electron chi connectivity index (χ4n) is 5.46. The van der Waals surface area contributed by atoms with Crippen LogP contribution in [0.2, 0.25) is 15.1 Å². The molecule has 5 rings (SSSR count). The Morgan fingerprint density at radius 2 is 2.00 bits per heavy atom. The fourth-order valence-corrected chi connectivity index (χ4v) is 6.15. The molecule has 1 N–H and O–H groups in total. The molecule has 3 fully saturated rings. The summed E-state index contributed by atoms with van der Waals surface area (Å²) in [6, 6.07) is 6.00. The predicted molar refractivity (Wildman–Crippen MR) is 127 cm³/mol. The molecule has 2 saturated heterocycles. The van der Waals surface area contributed by atoms with Crippen molar-refractivity contribution in [1.82, 2.24) is 14.9 Å². The molecule has 3 heterocycles. The summed E-state index contributed by atoms with van der Waals surface area (Å²) in [7, 11) is 0. The van der Waals surface area contributed by atoms with Crippen LogP contribution in [-0.4, -0.2) is 58.8 Å². The monoisotopic (exact) mass is 496 g/mol. The zero-order valence-corrected chi connectivity index (χ0v) is 20.4. The molecule has 3 aliphatic rings. The van der Waals surface area contributed by atoms with E-state index in [2.05, 4.69) is 19.8 Å². The number of hydrogen-bond acceptors (Lipinski definition) is 6. The number of aliphatic hydroxyl groups is 1. The molecule has 172 valence electrons. The highest BCUT2D eigenvalue weighted by Gasteiger charge is 2.61. The molecule has 6 nitrogen and oxygen atoms in total. The van der Waals surface area contributed by atoms with E-state index in [1.807, 2.05) is 19.9 Å². The van der Waals surface area contributed by atoms with Gasteiger partial charge in [0.05, 0.1) is 12.3 Å². The molecule has 2 aromatic rings. The van der Waals surface area contributed by atoms with Crippen molar-refractivity contribution in [3.8, 4) is 5.88 Å². The molecule has 4 atom stereocenters. The molecular formula is C23H27Cl3N4O2. The smallest absolute Gasteiger partial charge is 0.238 e. The molecule has 0 radical (unpaired) electrons. The highest BCUT2D eigenvalue weighted by Crippen LogP contribution is 2.56. The van der Waals surface area contributed by atoms with Crippen molar-refractivity contribution in [2.45, 2.75) is 32.4 Å². The average Bonchev–Trinajstić information content (AvgIpc) is 3.25. The summed E-state index contributed by atoms with van der Waals surface area (Å²) in [5, 5.41) is 10.8. The lowest BCUT2D eigenvalue weighted by Crippen LogP contribution is -2.50. The quantitative estimate of drug-likeness (QED) is 0.602. The molecule has 32 heavy (non-hydrogen) atoms. The zero-order valence-electron chi connectivity index (χ0n) is 18.1. The van der Waals surface area contributed by atoms with Crippen molar-refractivity contribution in [1.29, 1.82) is 0 Å². The minimum atomic E-state index is -0.341. The summed E-state index contributed by atoms with van der Waals surface area (Å²) in [5.41, 5.74) is 1.52. The lowest BCUT2D eigenvalue weighted by molar-refractivity contribution is 0.182. The second kappa shape index (κ2) is 8.80. The maximum atomic E-state index is 9.28. The highest BCUT2D eigenvalue weighted by atomic mass is 35.5. The summed E-state index contributed by atoms with van der Waals surface area (Å²) in [5.74, 6) is 3.22. The van der Waals surface area contributed by atoms with Crippen LogP contribution in [0.3, 0.4) is 0 Å². The topological polar surface area (TPSA) is 61.7 Å². The number of piperidine rings is 1. The minimum Gasteiger partial charge on any atom is -0.469 e. The van der Waals surface area contributed by atoms with E-state index in [1.54, 1.807) is 12.1 Å². The lowest BCUT2D eigenvalue weighted by Gasteiger charge is -2.41. The van der Waals surface area contributed by atoms with Crippen LogP contribution in [0, 0.1) is 24.7 Å². The van der Waals surface area contributed by atoms with Gasteiger partial charge in [-0.05, 0) is 56.7 Å². The van der Waals surface area contributed by atoms with E-state index in [1.165, 1.54) is 6.42 Å². The van der Waals surface area contributed by atoms with Crippen LogP contribution in [0.15, 0.2) is 18.2 Å². The standard InChI is InChI=1S/C23H27Cl3N4O2/c1-12-20(26)22(32-13(2)16-4-3-15(24)9-18(16)25)28-23(27-12)30-10-14(11-30)19-17-5-6-29(7-8-31)21(17)19/h3-4,9,13-14,17,19,21,31H,5-8,10-11H2,1-2H3/t13-,17?,19+,21?/m1/s1. The first-order valence-electron chi connectivity index (χ1n) is 11.1. The van der Waals surface area contributed by atoms with Crippen molar-refractivity contribution in [2.75, 3.05) is 37.7 Å². The molecule has 0 bridgehead atoms. The van der Waals surface area contributed by atoms with E-state index in [0.29, 0.717) is 44.5 Å². The number of β-amino-alcohol motifs (C(OH)–C–C–N with tert-alkyl or cyclic N) is 1. The van der Waals surface area contributed by atoms with Crippen molar-refractivity contribution >= 4 is 40.8 Å². The fraction of sp³-hybridized carbons (Fsp3) is 0.565. The first-order valence-corrected chi connectivity index (χ1v) is 12.3. The predicted octanol–water partition coefficient (Wildman–Crippen LogP) is 4.63. The number of fused-ring (bicyclic) bond motifs is 1. The summed E-state index contributed by atoms with van der Waals surface area (Å²) in [6.45, 7) is 7.84. The number of halogens is 3. The number of rotatable bonds is 7. The van der Waals surface area contributed by atoms with Crippen LogP contribution in [0.4, 0.5) is 5.95 Å². The van der Waals surface area contributed by atoms with Crippen LogP contribution >= 0.6 is 34.8 Å². The number of nitrogens with zero attached hydrogens (tertiary/aromatic N) is 4. The second-order valence-electron chi connectivity index (χ2n) is 9.10. The molecule has 1 aromatic heterocycles. The van der Waals surface area contributed by atoms with Crippen molar-refractivity contribution in [2.24, 2.45) is 17.8 Å². The van der Waals surface area contributed by atoms with Gasteiger partial charge in [0.1, 0.15) is 11.1 Å². The first kappa shape index (κ1) is 22.5. The third-order valence-electron chi connectivity index (χ3n) is 7.15. The van der Waals surface area contributed by atoms with E-state index < -0.39 is 0 Å². The van der Waals surface area contributed by atoms with Gasteiger partial charge in [0.2, 0.25) is 11.8 Å². The van der Waals surface area contributed by atoms with Gasteiger partial charge >= 0.3 is 0 Å². The summed E-state index contributed by atoms with van der Waals surface area (Å²) >= 11 is 18.8. The van der Waals surface area contributed by atoms with Gasteiger partial charge in [0, 0.05) is 41.3 Å². The van der Waals surface area contributed by atoms with E-state index in [-0.39, 0.29) is 12.7 Å². The van der Waals surface area contributed by atoms with Crippen LogP contribution in [0.25, 0.3) is 0 Å². The Bertz CT molecular complexity index is 1020. The molecule has 0 amide bonds. The van der Waals surface area contributed by atoms with E-state index >= 15 is 0 Å². The van der Waals surface area contributed by atoms with Crippen LogP contribution in [0.1, 0.15) is 30.7 Å². The van der Waals surface area contributed by atoms with Gasteiger partial charge in [0.25, 0.3) is 0 Å². The molecule has 9 heteroatoms. The number of benzene rings is 1. The van der Waals surface area contributed by atoms with Gasteiger partial charge in [-0.25, -0.2) is 4.98 Å². The number of anilines is 1. The van der Waals surface area contributed by atoms with Crippen molar-refractivity contribution in [3.63, 3.8) is 0 Å². The third-order valence-corrected chi connectivity index (χ3v) is 8.14. The number of aryl methyl sites for hydroxylation is 1. The largest absolute Gasteiger partial charge is 0.469 e. The Morgan fingerprint density at radius 3 is 2.72 bits per heavy atom. The number of hydrogen-bond donors (Lipinski definition) is 1. The first-order chi connectivity index (χ1) is 15.4. The minimum absolute atomic E-state index is 0.243. The normalized spacial score (nSPS) is 26.1. The Kier molecular flexibility index (Phi) is 6.18. The van der Waals surface area contributed by atoms with Crippen LogP contribution in [0.5, 0.6) is 5.88 Å². The second-order valence-corrected chi connectivity index (χ2v) is 10.3. The van der Waals surface area contributed by atoms with Gasteiger partial charge in [-0.1, -0.05) is 40.9 Å². The average molecular weight is 498 g/mol. The molecule has 2 aliphatic heterocycles. The van der Waals surface area contributed by atoms with E-state index in [0.717, 1.165) is 43.6 Å². The number of likely N-dealkylation sites (tertiary alicyclic amines) is 1.